The number of hydrogen-bond acceptors (Lipinski definition) is 4. The summed E-state index contributed by atoms with van der Waals surface area (Å²) in [6.45, 7) is 1.86. The average Bonchev–Trinajstić information content (AvgIpc) is 2.44. The molecule has 0 aliphatic carbocycles. The van der Waals surface area contributed by atoms with Gasteiger partial charge in [0, 0.05) is 12.7 Å². The van der Waals surface area contributed by atoms with Crippen LogP contribution in [0.4, 0.5) is 0 Å². The molecule has 14 heavy (non-hydrogen) atoms. The van der Waals surface area contributed by atoms with Gasteiger partial charge in [0.1, 0.15) is 0 Å². The number of aromatic nitrogens is 1. The van der Waals surface area contributed by atoms with Crippen molar-refractivity contribution < 1.29 is 0 Å². The van der Waals surface area contributed by atoms with Crippen molar-refractivity contribution in [3.63, 3.8) is 0 Å². The minimum Gasteiger partial charge on any atom is -0.316 e. The molecule has 4 heteroatoms. The fourth-order valence-electron chi connectivity index (χ4n) is 1.68. The summed E-state index contributed by atoms with van der Waals surface area (Å²) in [5.41, 5.74) is 6.94. The zero-order valence-corrected chi connectivity index (χ0v) is 8.11. The van der Waals surface area contributed by atoms with Gasteiger partial charge in [0.05, 0.1) is 17.9 Å². The van der Waals surface area contributed by atoms with Crippen LogP contribution >= 0.6 is 0 Å². The Morgan fingerprint density at radius 3 is 3.14 bits per heavy atom. The fraction of sp³-hybridized carbons (Fsp3) is 0.500. The van der Waals surface area contributed by atoms with E-state index in [1.807, 2.05) is 24.4 Å². The third kappa shape index (κ3) is 2.29. The second-order valence-electron chi connectivity index (χ2n) is 3.57. The lowest BCUT2D eigenvalue weighted by Crippen LogP contribution is -2.39. The lowest BCUT2D eigenvalue weighted by atomic mass is 10.2. The first kappa shape index (κ1) is 9.58. The standard InChI is InChI=1S/C10H16N4/c11-10-4-6-12-7-9(14-10)8-3-1-2-5-13-8/h1-3,5,9-10,12,14H,4,6-7,11H2. The summed E-state index contributed by atoms with van der Waals surface area (Å²) in [4.78, 5) is 4.32. The Hall–Kier alpha value is -0.970. The first-order valence-corrected chi connectivity index (χ1v) is 4.99. The summed E-state index contributed by atoms with van der Waals surface area (Å²) in [6, 6.07) is 6.18. The first-order chi connectivity index (χ1) is 6.86. The minimum atomic E-state index is 0.0667. The Kier molecular flexibility index (Phi) is 3.08. The van der Waals surface area contributed by atoms with Gasteiger partial charge in [0.15, 0.2) is 0 Å². The van der Waals surface area contributed by atoms with Crippen LogP contribution in [0.3, 0.4) is 0 Å². The van der Waals surface area contributed by atoms with Crippen molar-refractivity contribution in [3.05, 3.63) is 30.1 Å². The van der Waals surface area contributed by atoms with Crippen LogP contribution in [0.25, 0.3) is 0 Å². The molecule has 2 heterocycles. The number of pyridine rings is 1. The number of nitrogens with two attached hydrogens (primary N) is 1. The molecule has 4 N–H and O–H groups in total. The molecule has 1 fully saturated rings. The van der Waals surface area contributed by atoms with Crippen LogP contribution in [0, 0.1) is 0 Å². The highest BCUT2D eigenvalue weighted by atomic mass is 15.1. The van der Waals surface area contributed by atoms with Crippen molar-refractivity contribution in [2.75, 3.05) is 13.1 Å². The molecule has 2 unspecified atom stereocenters. The van der Waals surface area contributed by atoms with Crippen molar-refractivity contribution in [2.24, 2.45) is 5.73 Å². The van der Waals surface area contributed by atoms with Gasteiger partial charge in [0.2, 0.25) is 0 Å². The van der Waals surface area contributed by atoms with Crippen molar-refractivity contribution in [1.29, 1.82) is 0 Å². The van der Waals surface area contributed by atoms with E-state index in [-0.39, 0.29) is 12.2 Å². The maximum atomic E-state index is 5.88. The lowest BCUT2D eigenvalue weighted by Gasteiger charge is -2.18. The van der Waals surface area contributed by atoms with Gasteiger partial charge in [-0.15, -0.1) is 0 Å². The van der Waals surface area contributed by atoms with E-state index in [4.69, 9.17) is 5.73 Å². The maximum absolute atomic E-state index is 5.88. The van der Waals surface area contributed by atoms with Crippen molar-refractivity contribution >= 4 is 0 Å². The van der Waals surface area contributed by atoms with Crippen molar-refractivity contribution in [2.45, 2.75) is 18.6 Å². The quantitative estimate of drug-likeness (QED) is 0.585. The Bertz CT molecular complexity index is 275. The van der Waals surface area contributed by atoms with Crippen LogP contribution in [0.15, 0.2) is 24.4 Å². The topological polar surface area (TPSA) is 63.0 Å². The number of nitrogens with zero attached hydrogens (tertiary/aromatic N) is 1. The van der Waals surface area contributed by atoms with Crippen LogP contribution in [0.5, 0.6) is 0 Å². The molecule has 1 saturated heterocycles. The normalized spacial score (nSPS) is 28.4. The van der Waals surface area contributed by atoms with Gasteiger partial charge >= 0.3 is 0 Å². The summed E-state index contributed by atoms with van der Waals surface area (Å²) >= 11 is 0. The van der Waals surface area contributed by atoms with Gasteiger partial charge in [-0.3, -0.25) is 10.3 Å². The molecule has 0 radical (unpaired) electrons. The van der Waals surface area contributed by atoms with E-state index in [1.54, 1.807) is 0 Å². The van der Waals surface area contributed by atoms with Crippen LogP contribution in [0.2, 0.25) is 0 Å². The van der Waals surface area contributed by atoms with E-state index in [0.29, 0.717) is 0 Å². The lowest BCUT2D eigenvalue weighted by molar-refractivity contribution is 0.457. The molecule has 2 rings (SSSR count). The zero-order valence-electron chi connectivity index (χ0n) is 8.11. The Morgan fingerprint density at radius 2 is 2.36 bits per heavy atom. The minimum absolute atomic E-state index is 0.0667. The average molecular weight is 192 g/mol. The van der Waals surface area contributed by atoms with Crippen LogP contribution in [-0.2, 0) is 0 Å². The summed E-state index contributed by atoms with van der Waals surface area (Å²) in [5, 5.41) is 6.69. The van der Waals surface area contributed by atoms with Crippen LogP contribution in [0.1, 0.15) is 18.2 Å². The zero-order chi connectivity index (χ0) is 9.80. The van der Waals surface area contributed by atoms with E-state index in [9.17, 15) is 0 Å². The van der Waals surface area contributed by atoms with Crippen molar-refractivity contribution in [1.82, 2.24) is 15.6 Å². The largest absolute Gasteiger partial charge is 0.316 e. The Morgan fingerprint density at radius 1 is 1.43 bits per heavy atom. The Labute approximate surface area is 83.9 Å². The second kappa shape index (κ2) is 4.50. The maximum Gasteiger partial charge on any atom is 0.0633 e. The molecule has 0 aromatic carbocycles. The molecule has 1 aromatic rings. The van der Waals surface area contributed by atoms with E-state index >= 15 is 0 Å². The molecule has 1 aliphatic heterocycles. The van der Waals surface area contributed by atoms with Gasteiger partial charge < -0.3 is 11.1 Å². The summed E-state index contributed by atoms with van der Waals surface area (Å²) in [6.07, 6.45) is 2.84. The Balaban J connectivity index is 2.09. The summed E-state index contributed by atoms with van der Waals surface area (Å²) in [7, 11) is 0. The van der Waals surface area contributed by atoms with E-state index in [1.165, 1.54) is 0 Å². The molecule has 0 spiro atoms. The van der Waals surface area contributed by atoms with Crippen molar-refractivity contribution in [3.8, 4) is 0 Å². The number of nitrogens with one attached hydrogen (secondary N) is 2. The highest BCUT2D eigenvalue weighted by Gasteiger charge is 2.17. The van der Waals surface area contributed by atoms with Crippen LogP contribution < -0.4 is 16.4 Å². The fourth-order valence-corrected chi connectivity index (χ4v) is 1.68. The van der Waals surface area contributed by atoms with E-state index in [0.717, 1.165) is 25.2 Å². The first-order valence-electron chi connectivity index (χ1n) is 4.99. The van der Waals surface area contributed by atoms with Gasteiger partial charge in [-0.2, -0.15) is 0 Å². The SMILES string of the molecule is NC1CCNCC(c2ccccn2)N1. The predicted octanol–water partition coefficient (Wildman–Crippen LogP) is -0.00960. The highest BCUT2D eigenvalue weighted by molar-refractivity contribution is 5.09. The van der Waals surface area contributed by atoms with E-state index in [2.05, 4.69) is 15.6 Å². The molecule has 76 valence electrons. The molecule has 0 saturated carbocycles. The van der Waals surface area contributed by atoms with Gasteiger partial charge in [0.25, 0.3) is 0 Å². The molecular weight excluding hydrogens is 176 g/mol. The molecule has 1 aromatic heterocycles. The molecular formula is C10H16N4. The highest BCUT2D eigenvalue weighted by Crippen LogP contribution is 2.10. The van der Waals surface area contributed by atoms with Gasteiger partial charge in [-0.25, -0.2) is 0 Å². The summed E-state index contributed by atoms with van der Waals surface area (Å²) in [5.74, 6) is 0. The van der Waals surface area contributed by atoms with Gasteiger partial charge in [-0.05, 0) is 25.1 Å². The van der Waals surface area contributed by atoms with E-state index < -0.39 is 0 Å². The van der Waals surface area contributed by atoms with Gasteiger partial charge in [-0.1, -0.05) is 6.07 Å². The smallest absolute Gasteiger partial charge is 0.0633 e. The predicted molar refractivity (Wildman–Crippen MR) is 55.6 cm³/mol. The molecule has 2 atom stereocenters. The second-order valence-corrected chi connectivity index (χ2v) is 3.57. The summed E-state index contributed by atoms with van der Waals surface area (Å²) < 4.78 is 0. The molecule has 4 nitrogen and oxygen atoms in total. The monoisotopic (exact) mass is 192 g/mol. The molecule has 0 amide bonds. The van der Waals surface area contributed by atoms with Crippen LogP contribution in [-0.4, -0.2) is 24.2 Å². The molecule has 1 aliphatic rings. The number of rotatable bonds is 1. The molecule has 0 bridgehead atoms. The number of hydrogen-bond donors (Lipinski definition) is 3. The third-order valence-electron chi connectivity index (χ3n) is 2.44. The third-order valence-corrected chi connectivity index (χ3v) is 2.44.